The summed E-state index contributed by atoms with van der Waals surface area (Å²) in [4.78, 5) is 15.7. The molecule has 1 aromatic carbocycles. The van der Waals surface area contributed by atoms with Gasteiger partial charge in [0, 0.05) is 11.8 Å². The smallest absolute Gasteiger partial charge is 0.339 e. The number of pyridine rings is 1. The van der Waals surface area contributed by atoms with E-state index in [0.29, 0.717) is 16.8 Å². The van der Waals surface area contributed by atoms with Crippen molar-refractivity contribution < 1.29 is 17.9 Å². The molecule has 0 aliphatic heterocycles. The van der Waals surface area contributed by atoms with Gasteiger partial charge in [-0.05, 0) is 37.7 Å². The third-order valence-corrected chi connectivity index (χ3v) is 5.80. The number of aromatic nitrogens is 1. The van der Waals surface area contributed by atoms with E-state index in [-0.39, 0.29) is 27.1 Å². The van der Waals surface area contributed by atoms with Gasteiger partial charge in [0.05, 0.1) is 27.9 Å². The molecule has 0 aliphatic rings. The maximum atomic E-state index is 12.0. The number of esters is 1. The van der Waals surface area contributed by atoms with Crippen LogP contribution in [0.4, 0.5) is 0 Å². The average Bonchev–Trinajstić information content (AvgIpc) is 2.60. The summed E-state index contributed by atoms with van der Waals surface area (Å²) in [6.45, 7) is 5.62. The van der Waals surface area contributed by atoms with Gasteiger partial charge in [-0.3, -0.25) is 4.98 Å². The fourth-order valence-electron chi connectivity index (χ4n) is 2.15. The quantitative estimate of drug-likeness (QED) is 0.576. The van der Waals surface area contributed by atoms with E-state index in [9.17, 15) is 13.2 Å². The Morgan fingerprint density at radius 1 is 1.23 bits per heavy atom. The molecule has 2 aromatic rings. The third kappa shape index (κ3) is 4.24. The lowest BCUT2D eigenvalue weighted by atomic mass is 10.1. The average molecular weight is 415 g/mol. The largest absolute Gasteiger partial charge is 0.462 e. The Labute approximate surface area is 161 Å². The Balaban J connectivity index is 2.39. The number of nitrogens with one attached hydrogen (secondary N) is 1. The van der Waals surface area contributed by atoms with E-state index >= 15 is 0 Å². The summed E-state index contributed by atoms with van der Waals surface area (Å²) in [5.41, 5.74) is 1.74. The number of ether oxygens (including phenoxy) is 1. The van der Waals surface area contributed by atoms with Crippen LogP contribution in [-0.4, -0.2) is 33.0 Å². The summed E-state index contributed by atoms with van der Waals surface area (Å²) in [6, 6.07) is 6.26. The first-order valence-corrected chi connectivity index (χ1v) is 9.70. The van der Waals surface area contributed by atoms with Crippen molar-refractivity contribution >= 4 is 44.8 Å². The number of benzene rings is 1. The lowest BCUT2D eigenvalue weighted by molar-refractivity contribution is -0.136. The molecular formula is C17H16Cl2N2O4S. The molecule has 9 heteroatoms. The molecule has 0 spiro atoms. The molecule has 2 rings (SSSR count). The van der Waals surface area contributed by atoms with Gasteiger partial charge in [-0.1, -0.05) is 35.8 Å². The summed E-state index contributed by atoms with van der Waals surface area (Å²) in [7, 11) is -2.51. The fourth-order valence-corrected chi connectivity index (χ4v) is 4.08. The monoisotopic (exact) mass is 414 g/mol. The minimum absolute atomic E-state index is 0.0122. The molecule has 0 bridgehead atoms. The molecule has 6 nitrogen and oxygen atoms in total. The molecule has 1 N–H and O–H groups in total. The summed E-state index contributed by atoms with van der Waals surface area (Å²) in [6.07, 6.45) is 1.51. The number of hydrogen-bond donors (Lipinski definition) is 1. The molecule has 138 valence electrons. The molecule has 0 radical (unpaired) electrons. The number of carbonyl (C=O) groups is 1. The van der Waals surface area contributed by atoms with Crippen molar-refractivity contribution in [2.75, 3.05) is 13.7 Å². The molecule has 1 aromatic heterocycles. The van der Waals surface area contributed by atoms with Gasteiger partial charge in [0.2, 0.25) is 10.0 Å². The molecule has 0 unspecified atom stereocenters. The van der Waals surface area contributed by atoms with E-state index in [2.05, 4.69) is 16.3 Å². The van der Waals surface area contributed by atoms with Crippen LogP contribution in [0.3, 0.4) is 0 Å². The zero-order valence-electron chi connectivity index (χ0n) is 14.0. The van der Waals surface area contributed by atoms with Crippen LogP contribution in [-0.2, 0) is 19.6 Å². The van der Waals surface area contributed by atoms with E-state index in [1.165, 1.54) is 25.4 Å². The van der Waals surface area contributed by atoms with E-state index in [4.69, 9.17) is 27.9 Å². The normalized spacial score (nSPS) is 11.2. The van der Waals surface area contributed by atoms with Crippen molar-refractivity contribution in [1.82, 2.24) is 9.71 Å². The fraction of sp³-hybridized carbons (Fsp3) is 0.176. The highest BCUT2D eigenvalue weighted by atomic mass is 35.5. The molecule has 0 fully saturated rings. The van der Waals surface area contributed by atoms with Crippen LogP contribution < -0.4 is 4.72 Å². The van der Waals surface area contributed by atoms with Gasteiger partial charge < -0.3 is 4.74 Å². The summed E-state index contributed by atoms with van der Waals surface area (Å²) in [5.74, 6) is -0.541. The molecular weight excluding hydrogens is 399 g/mol. The number of nitrogens with zero attached hydrogens (tertiary/aromatic N) is 1. The Hall–Kier alpha value is -1.93. The van der Waals surface area contributed by atoms with Gasteiger partial charge in [0.1, 0.15) is 4.90 Å². The van der Waals surface area contributed by atoms with Crippen molar-refractivity contribution in [3.8, 4) is 11.1 Å². The zero-order chi connectivity index (χ0) is 19.5. The molecule has 0 saturated heterocycles. The van der Waals surface area contributed by atoms with Crippen molar-refractivity contribution in [3.63, 3.8) is 0 Å². The number of sulfonamides is 1. The number of halogens is 2. The van der Waals surface area contributed by atoms with Gasteiger partial charge in [0.15, 0.2) is 0 Å². The zero-order valence-corrected chi connectivity index (χ0v) is 16.4. The van der Waals surface area contributed by atoms with E-state index in [1.54, 1.807) is 19.1 Å². The highest BCUT2D eigenvalue weighted by Gasteiger charge is 2.21. The van der Waals surface area contributed by atoms with E-state index in [1.807, 2.05) is 0 Å². The first-order valence-electron chi connectivity index (χ1n) is 7.46. The topological polar surface area (TPSA) is 85.4 Å². The second-order valence-electron chi connectivity index (χ2n) is 5.11. The van der Waals surface area contributed by atoms with E-state index < -0.39 is 16.0 Å². The highest BCUT2D eigenvalue weighted by molar-refractivity contribution is 7.89. The van der Waals surface area contributed by atoms with Crippen LogP contribution >= 0.6 is 23.2 Å². The maximum Gasteiger partial charge on any atom is 0.339 e. The third-order valence-electron chi connectivity index (χ3n) is 3.46. The van der Waals surface area contributed by atoms with Crippen LogP contribution in [0.5, 0.6) is 0 Å². The predicted octanol–water partition coefficient (Wildman–Crippen LogP) is 3.54. The van der Waals surface area contributed by atoms with Crippen LogP contribution in [0, 0.1) is 0 Å². The van der Waals surface area contributed by atoms with Crippen molar-refractivity contribution in [3.05, 3.63) is 52.8 Å². The van der Waals surface area contributed by atoms with Crippen LogP contribution in [0.2, 0.25) is 10.0 Å². The first kappa shape index (κ1) is 20.4. The number of carbonyl (C=O) groups excluding carboxylic acids is 1. The molecule has 0 aliphatic carbocycles. The SMILES string of the molecule is C=C(C(=O)OCC)c1ccc(-c2cc(Cl)c(S(=O)(=O)NC)c(Cl)c2)cn1. The molecule has 0 amide bonds. The van der Waals surface area contributed by atoms with Crippen LogP contribution in [0.1, 0.15) is 12.6 Å². The van der Waals surface area contributed by atoms with Gasteiger partial charge >= 0.3 is 5.97 Å². The number of rotatable bonds is 6. The lowest BCUT2D eigenvalue weighted by Gasteiger charge is -2.11. The standard InChI is InChI=1S/C17H16Cl2N2O4S/c1-4-25-17(22)10(2)15-6-5-11(9-21-15)12-7-13(18)16(14(19)8-12)26(23,24)20-3/h5-9,20H,2,4H2,1,3H3. The summed E-state index contributed by atoms with van der Waals surface area (Å²) in [5, 5.41) is -0.0243. The Bertz CT molecular complexity index is 934. The van der Waals surface area contributed by atoms with E-state index in [0.717, 1.165) is 0 Å². The minimum atomic E-state index is -3.78. The first-order chi connectivity index (χ1) is 12.2. The summed E-state index contributed by atoms with van der Waals surface area (Å²) >= 11 is 12.2. The Morgan fingerprint density at radius 3 is 2.31 bits per heavy atom. The maximum absolute atomic E-state index is 12.0. The predicted molar refractivity (Wildman–Crippen MR) is 102 cm³/mol. The summed E-state index contributed by atoms with van der Waals surface area (Å²) < 4.78 is 31.0. The second kappa shape index (κ2) is 8.18. The van der Waals surface area contributed by atoms with Gasteiger partial charge in [-0.15, -0.1) is 0 Å². The highest BCUT2D eigenvalue weighted by Crippen LogP contribution is 2.34. The molecule has 0 saturated carbocycles. The van der Waals surface area contributed by atoms with Crippen LogP contribution in [0.15, 0.2) is 41.9 Å². The van der Waals surface area contributed by atoms with Crippen LogP contribution in [0.25, 0.3) is 16.7 Å². The van der Waals surface area contributed by atoms with Gasteiger partial charge in [-0.25, -0.2) is 17.9 Å². The van der Waals surface area contributed by atoms with Gasteiger partial charge in [-0.2, -0.15) is 0 Å². The minimum Gasteiger partial charge on any atom is -0.462 e. The van der Waals surface area contributed by atoms with Crippen molar-refractivity contribution in [2.24, 2.45) is 0 Å². The second-order valence-corrected chi connectivity index (χ2v) is 7.75. The number of hydrogen-bond acceptors (Lipinski definition) is 5. The van der Waals surface area contributed by atoms with Crippen molar-refractivity contribution in [1.29, 1.82) is 0 Å². The Kier molecular flexibility index (Phi) is 6.41. The molecule has 1 heterocycles. The van der Waals surface area contributed by atoms with Gasteiger partial charge in [0.25, 0.3) is 0 Å². The lowest BCUT2D eigenvalue weighted by Crippen LogP contribution is -2.19. The Morgan fingerprint density at radius 2 is 1.85 bits per heavy atom. The van der Waals surface area contributed by atoms with Crippen molar-refractivity contribution in [2.45, 2.75) is 11.8 Å². The molecule has 0 atom stereocenters. The molecule has 26 heavy (non-hydrogen) atoms.